The molecule has 1 aliphatic heterocycles. The van der Waals surface area contributed by atoms with E-state index in [-0.39, 0.29) is 11.9 Å². The highest BCUT2D eigenvalue weighted by molar-refractivity contribution is 6.32. The summed E-state index contributed by atoms with van der Waals surface area (Å²) in [5, 5.41) is 10.3. The van der Waals surface area contributed by atoms with Crippen molar-refractivity contribution in [3.63, 3.8) is 0 Å². The van der Waals surface area contributed by atoms with Crippen LogP contribution in [0.25, 0.3) is 5.70 Å². The van der Waals surface area contributed by atoms with E-state index < -0.39 is 12.1 Å². The van der Waals surface area contributed by atoms with Gasteiger partial charge in [0, 0.05) is 11.1 Å². The van der Waals surface area contributed by atoms with Crippen molar-refractivity contribution in [2.75, 3.05) is 0 Å². The Morgan fingerprint density at radius 2 is 2.07 bits per heavy atom. The van der Waals surface area contributed by atoms with Crippen molar-refractivity contribution in [1.82, 2.24) is 10.5 Å². The fourth-order valence-corrected chi connectivity index (χ4v) is 2.78. The molecule has 0 bridgehead atoms. The lowest BCUT2D eigenvalue weighted by Crippen LogP contribution is -2.38. The van der Waals surface area contributed by atoms with Gasteiger partial charge in [-0.25, -0.2) is 9.18 Å². The summed E-state index contributed by atoms with van der Waals surface area (Å²) in [7, 11) is 0. The summed E-state index contributed by atoms with van der Waals surface area (Å²) >= 11 is 6.30. The van der Waals surface area contributed by atoms with Crippen LogP contribution in [0.4, 0.5) is 9.18 Å². The van der Waals surface area contributed by atoms with E-state index in [0.29, 0.717) is 26.9 Å². The van der Waals surface area contributed by atoms with Crippen LogP contribution in [0.1, 0.15) is 29.7 Å². The third-order valence-electron chi connectivity index (χ3n) is 4.09. The molecule has 3 rings (SSSR count). The zero-order chi connectivity index (χ0) is 20.3. The van der Waals surface area contributed by atoms with Gasteiger partial charge in [-0.1, -0.05) is 35.6 Å². The number of hydrogen-bond acceptors (Lipinski definition) is 4. The minimum atomic E-state index is -0.983. The minimum Gasteiger partial charge on any atom is -0.350 e. The van der Waals surface area contributed by atoms with Crippen LogP contribution in [-0.2, 0) is 4.84 Å². The largest absolute Gasteiger partial charge is 0.350 e. The SMILES string of the molecule is CC(C#Cc1ccc(Cl)c(C2=CC(c3ccc(F)cc3)ON2)c1)N(O)C(N)=O. The second kappa shape index (κ2) is 8.31. The van der Waals surface area contributed by atoms with Gasteiger partial charge >= 0.3 is 6.03 Å². The van der Waals surface area contributed by atoms with Gasteiger partial charge in [0.05, 0.1) is 10.7 Å². The standard InChI is InChI=1S/C20H17ClFN3O3/c1-12(25(27)20(23)26)2-3-13-4-9-17(21)16(10-13)18-11-19(28-24-18)14-5-7-15(22)8-6-14/h4-12,19,24,27H,1H3,(H2,23,26). The van der Waals surface area contributed by atoms with Crippen LogP contribution in [-0.4, -0.2) is 22.3 Å². The molecular formula is C20H17ClFN3O3. The number of hydrogen-bond donors (Lipinski definition) is 3. The third-order valence-corrected chi connectivity index (χ3v) is 4.42. The summed E-state index contributed by atoms with van der Waals surface area (Å²) in [6.45, 7) is 1.54. The number of carbonyl (C=O) groups excluding carboxylic acids is 1. The van der Waals surface area contributed by atoms with Crippen molar-refractivity contribution < 1.29 is 19.2 Å². The highest BCUT2D eigenvalue weighted by Gasteiger charge is 2.21. The summed E-state index contributed by atoms with van der Waals surface area (Å²) in [6, 6.07) is 9.42. The number of nitrogens with one attached hydrogen (secondary N) is 1. The zero-order valence-electron chi connectivity index (χ0n) is 14.8. The number of benzene rings is 2. The van der Waals surface area contributed by atoms with Crippen LogP contribution in [0, 0.1) is 17.7 Å². The molecule has 0 fully saturated rings. The number of primary amides is 1. The average molecular weight is 402 g/mol. The van der Waals surface area contributed by atoms with E-state index in [1.165, 1.54) is 19.1 Å². The number of hydroxylamine groups is 3. The lowest BCUT2D eigenvalue weighted by Gasteiger charge is -2.14. The molecule has 1 heterocycles. The second-order valence-corrected chi connectivity index (χ2v) is 6.50. The molecule has 0 radical (unpaired) electrons. The van der Waals surface area contributed by atoms with E-state index in [9.17, 15) is 14.4 Å². The maximum Gasteiger partial charge on any atom is 0.339 e. The van der Waals surface area contributed by atoms with Crippen molar-refractivity contribution >= 4 is 23.3 Å². The third kappa shape index (κ3) is 4.43. The number of nitrogens with two attached hydrogens (primary N) is 1. The van der Waals surface area contributed by atoms with E-state index in [0.717, 1.165) is 5.56 Å². The number of rotatable bonds is 3. The monoisotopic (exact) mass is 401 g/mol. The molecule has 28 heavy (non-hydrogen) atoms. The number of nitrogens with zero attached hydrogens (tertiary/aromatic N) is 1. The molecule has 2 aromatic carbocycles. The van der Waals surface area contributed by atoms with Gasteiger partial charge in [-0.2, -0.15) is 5.06 Å². The summed E-state index contributed by atoms with van der Waals surface area (Å²) in [6.07, 6.45) is 1.44. The van der Waals surface area contributed by atoms with Crippen molar-refractivity contribution in [2.45, 2.75) is 19.1 Å². The first-order valence-corrected chi connectivity index (χ1v) is 8.71. The first-order chi connectivity index (χ1) is 13.3. The number of carbonyl (C=O) groups is 1. The van der Waals surface area contributed by atoms with E-state index in [1.54, 1.807) is 30.3 Å². The van der Waals surface area contributed by atoms with Gasteiger partial charge in [-0.05, 0) is 48.9 Å². The van der Waals surface area contributed by atoms with Crippen LogP contribution in [0.3, 0.4) is 0 Å². The molecule has 0 aromatic heterocycles. The Morgan fingerprint density at radius 1 is 1.36 bits per heavy atom. The Labute approximate surface area is 166 Å². The number of amides is 2. The lowest BCUT2D eigenvalue weighted by atomic mass is 10.0. The Kier molecular flexibility index (Phi) is 5.85. The van der Waals surface area contributed by atoms with Crippen LogP contribution >= 0.6 is 11.6 Å². The van der Waals surface area contributed by atoms with Crippen LogP contribution in [0.5, 0.6) is 0 Å². The Bertz CT molecular complexity index is 982. The second-order valence-electron chi connectivity index (χ2n) is 6.10. The van der Waals surface area contributed by atoms with Gasteiger partial charge in [0.25, 0.3) is 0 Å². The predicted octanol–water partition coefficient (Wildman–Crippen LogP) is 3.61. The zero-order valence-corrected chi connectivity index (χ0v) is 15.6. The molecule has 2 aromatic rings. The molecule has 2 atom stereocenters. The fraction of sp³-hybridized carbons (Fsp3) is 0.150. The van der Waals surface area contributed by atoms with Crippen LogP contribution in [0.15, 0.2) is 48.5 Å². The first-order valence-electron chi connectivity index (χ1n) is 8.33. The van der Waals surface area contributed by atoms with Crippen LogP contribution < -0.4 is 11.2 Å². The highest BCUT2D eigenvalue weighted by atomic mass is 35.5. The van der Waals surface area contributed by atoms with Crippen molar-refractivity contribution in [2.24, 2.45) is 5.73 Å². The molecule has 0 saturated carbocycles. The normalized spacial score (nSPS) is 16.4. The summed E-state index contributed by atoms with van der Waals surface area (Å²) < 4.78 is 13.1. The molecule has 0 aliphatic carbocycles. The first kappa shape index (κ1) is 19.7. The molecule has 6 nitrogen and oxygen atoms in total. The van der Waals surface area contributed by atoms with E-state index in [1.807, 2.05) is 6.08 Å². The molecule has 2 unspecified atom stereocenters. The molecule has 4 N–H and O–H groups in total. The summed E-state index contributed by atoms with van der Waals surface area (Å²) in [5.74, 6) is 5.28. The van der Waals surface area contributed by atoms with Gasteiger partial charge in [-0.3, -0.25) is 15.5 Å². The maximum absolute atomic E-state index is 13.1. The smallest absolute Gasteiger partial charge is 0.339 e. The summed E-state index contributed by atoms with van der Waals surface area (Å²) in [5.41, 5.74) is 10.6. The molecule has 0 spiro atoms. The molecule has 144 valence electrons. The molecule has 0 saturated heterocycles. The molecule has 1 aliphatic rings. The van der Waals surface area contributed by atoms with Crippen molar-refractivity contribution in [3.05, 3.63) is 76.1 Å². The number of halogens is 2. The predicted molar refractivity (Wildman–Crippen MR) is 102 cm³/mol. The minimum absolute atomic E-state index is 0.319. The van der Waals surface area contributed by atoms with Gasteiger partial charge in [0.15, 0.2) is 0 Å². The van der Waals surface area contributed by atoms with E-state index in [4.69, 9.17) is 22.2 Å². The quantitative estimate of drug-likeness (QED) is 0.416. The molecule has 2 amide bonds. The maximum atomic E-state index is 13.1. The van der Waals surface area contributed by atoms with Gasteiger partial charge < -0.3 is 5.73 Å². The van der Waals surface area contributed by atoms with E-state index in [2.05, 4.69) is 17.3 Å². The van der Waals surface area contributed by atoms with Gasteiger partial charge in [-0.15, -0.1) is 0 Å². The van der Waals surface area contributed by atoms with Crippen LogP contribution in [0.2, 0.25) is 5.02 Å². The molecule has 8 heteroatoms. The Hall–Kier alpha value is -3.05. The van der Waals surface area contributed by atoms with Gasteiger partial charge in [0.2, 0.25) is 0 Å². The molecular weight excluding hydrogens is 385 g/mol. The highest BCUT2D eigenvalue weighted by Crippen LogP contribution is 2.32. The van der Waals surface area contributed by atoms with Crippen molar-refractivity contribution in [3.8, 4) is 11.8 Å². The Balaban J connectivity index is 1.83. The fourth-order valence-electron chi connectivity index (χ4n) is 2.56. The van der Waals surface area contributed by atoms with E-state index >= 15 is 0 Å². The lowest BCUT2D eigenvalue weighted by molar-refractivity contribution is -0.0536. The van der Waals surface area contributed by atoms with Gasteiger partial charge in [0.1, 0.15) is 18.0 Å². The number of urea groups is 1. The topological polar surface area (TPSA) is 87.8 Å². The van der Waals surface area contributed by atoms with Crippen molar-refractivity contribution in [1.29, 1.82) is 0 Å². The average Bonchev–Trinajstić information content (AvgIpc) is 3.16. The summed E-state index contributed by atoms with van der Waals surface area (Å²) in [4.78, 5) is 16.5. The Morgan fingerprint density at radius 3 is 2.75 bits per heavy atom.